The van der Waals surface area contributed by atoms with Crippen LogP contribution in [0.3, 0.4) is 0 Å². The van der Waals surface area contributed by atoms with Gasteiger partial charge >= 0.3 is 5.97 Å². The van der Waals surface area contributed by atoms with Crippen molar-refractivity contribution < 1.29 is 9.53 Å². The van der Waals surface area contributed by atoms with Crippen molar-refractivity contribution in [1.29, 1.82) is 0 Å². The van der Waals surface area contributed by atoms with Crippen molar-refractivity contribution in [2.45, 2.75) is 32.5 Å². The third-order valence-corrected chi connectivity index (χ3v) is 4.44. The lowest BCUT2D eigenvalue weighted by Crippen LogP contribution is -2.45. The number of esters is 1. The molecule has 0 radical (unpaired) electrons. The van der Waals surface area contributed by atoms with Crippen LogP contribution in [-0.2, 0) is 11.3 Å². The van der Waals surface area contributed by atoms with Crippen molar-refractivity contribution in [3.05, 3.63) is 71.3 Å². The Hall–Kier alpha value is -2.17. The zero-order valence-electron chi connectivity index (χ0n) is 14.9. The first-order valence-corrected chi connectivity index (χ1v) is 8.93. The predicted molar refractivity (Wildman–Crippen MR) is 99.5 cm³/mol. The number of carbonyl (C=O) groups excluding carboxylic acids is 1. The lowest BCUT2D eigenvalue weighted by molar-refractivity contribution is 0.0375. The molecule has 2 aromatic rings. The minimum absolute atomic E-state index is 0.109. The molecule has 0 unspecified atom stereocenters. The maximum atomic E-state index is 12.4. The van der Waals surface area contributed by atoms with Gasteiger partial charge in [0.15, 0.2) is 0 Å². The molecule has 0 aliphatic carbocycles. The highest BCUT2D eigenvalue weighted by molar-refractivity contribution is 5.91. The third kappa shape index (κ3) is 4.68. The summed E-state index contributed by atoms with van der Waals surface area (Å²) >= 11 is 0. The minimum atomic E-state index is -0.236. The number of ether oxygens (including phenoxy) is 1. The highest BCUT2D eigenvalue weighted by Crippen LogP contribution is 2.20. The third-order valence-electron chi connectivity index (χ3n) is 4.44. The number of piperazine rings is 1. The summed E-state index contributed by atoms with van der Waals surface area (Å²) < 4.78 is 5.39. The van der Waals surface area contributed by atoms with Crippen LogP contribution < -0.4 is 5.32 Å². The Morgan fingerprint density at radius 1 is 1.16 bits per heavy atom. The lowest BCUT2D eigenvalue weighted by Gasteiger charge is -2.34. The number of rotatable bonds is 5. The molecule has 4 heteroatoms. The molecule has 1 aliphatic rings. The smallest absolute Gasteiger partial charge is 0.338 e. The molecule has 1 aliphatic heterocycles. The van der Waals surface area contributed by atoms with Gasteiger partial charge in [-0.05, 0) is 31.0 Å². The van der Waals surface area contributed by atoms with Crippen LogP contribution in [0.2, 0.25) is 0 Å². The van der Waals surface area contributed by atoms with Gasteiger partial charge < -0.3 is 10.1 Å². The van der Waals surface area contributed by atoms with Crippen LogP contribution >= 0.6 is 0 Å². The van der Waals surface area contributed by atoms with Gasteiger partial charge in [0.2, 0.25) is 0 Å². The molecular formula is C21H26N2O2. The molecule has 132 valence electrons. The second-order valence-electron chi connectivity index (χ2n) is 6.76. The molecule has 0 spiro atoms. The Kier molecular flexibility index (Phi) is 5.84. The topological polar surface area (TPSA) is 41.6 Å². The lowest BCUT2D eigenvalue weighted by atomic mass is 10.0. The molecular weight excluding hydrogens is 312 g/mol. The van der Waals surface area contributed by atoms with Crippen molar-refractivity contribution in [1.82, 2.24) is 10.2 Å². The standard InChI is InChI=1S/C21H26N2O2/c1-16(2)25-21(24)19-11-7-6-10-18(19)14-23-13-12-22-20(15-23)17-8-4-3-5-9-17/h3-11,16,20,22H,12-15H2,1-2H3/t20-/m1/s1. The van der Waals surface area contributed by atoms with Crippen molar-refractivity contribution in [2.24, 2.45) is 0 Å². The second kappa shape index (κ2) is 8.28. The molecule has 0 aromatic heterocycles. The van der Waals surface area contributed by atoms with E-state index in [-0.39, 0.29) is 12.1 Å². The Morgan fingerprint density at radius 2 is 1.88 bits per heavy atom. The van der Waals surface area contributed by atoms with Gasteiger partial charge in [0.25, 0.3) is 0 Å². The molecule has 0 amide bonds. The van der Waals surface area contributed by atoms with Crippen LogP contribution in [0.4, 0.5) is 0 Å². The van der Waals surface area contributed by atoms with E-state index in [0.717, 1.165) is 31.7 Å². The maximum Gasteiger partial charge on any atom is 0.338 e. The van der Waals surface area contributed by atoms with Gasteiger partial charge in [0, 0.05) is 32.2 Å². The number of nitrogens with one attached hydrogen (secondary N) is 1. The van der Waals surface area contributed by atoms with E-state index in [4.69, 9.17) is 4.74 Å². The summed E-state index contributed by atoms with van der Waals surface area (Å²) in [5.74, 6) is -0.236. The molecule has 25 heavy (non-hydrogen) atoms. The number of hydrogen-bond acceptors (Lipinski definition) is 4. The summed E-state index contributed by atoms with van der Waals surface area (Å²) in [5.41, 5.74) is 3.01. The van der Waals surface area contributed by atoms with E-state index >= 15 is 0 Å². The Balaban J connectivity index is 1.71. The number of carbonyl (C=O) groups is 1. The summed E-state index contributed by atoms with van der Waals surface area (Å²) in [7, 11) is 0. The minimum Gasteiger partial charge on any atom is -0.459 e. The van der Waals surface area contributed by atoms with Gasteiger partial charge in [0.1, 0.15) is 0 Å². The van der Waals surface area contributed by atoms with Crippen LogP contribution in [0.5, 0.6) is 0 Å². The molecule has 4 nitrogen and oxygen atoms in total. The summed E-state index contributed by atoms with van der Waals surface area (Å²) in [4.78, 5) is 14.7. The van der Waals surface area contributed by atoms with Gasteiger partial charge in [-0.2, -0.15) is 0 Å². The molecule has 2 aromatic carbocycles. The van der Waals surface area contributed by atoms with Crippen LogP contribution in [-0.4, -0.2) is 36.6 Å². The Morgan fingerprint density at radius 3 is 2.64 bits per heavy atom. The number of hydrogen-bond donors (Lipinski definition) is 1. The highest BCUT2D eigenvalue weighted by atomic mass is 16.5. The summed E-state index contributed by atoms with van der Waals surface area (Å²) in [6.45, 7) is 7.35. The average molecular weight is 338 g/mol. The van der Waals surface area contributed by atoms with E-state index in [9.17, 15) is 4.79 Å². The summed E-state index contributed by atoms with van der Waals surface area (Å²) in [6, 6.07) is 18.6. The fourth-order valence-electron chi connectivity index (χ4n) is 3.24. The zero-order chi connectivity index (χ0) is 17.6. The molecule has 1 saturated heterocycles. The van der Waals surface area contributed by atoms with Crippen molar-refractivity contribution in [3.8, 4) is 0 Å². The quantitative estimate of drug-likeness (QED) is 0.849. The molecule has 1 N–H and O–H groups in total. The van der Waals surface area contributed by atoms with E-state index in [1.165, 1.54) is 5.56 Å². The van der Waals surface area contributed by atoms with E-state index in [0.29, 0.717) is 11.6 Å². The summed E-state index contributed by atoms with van der Waals surface area (Å²) in [5, 5.41) is 3.58. The van der Waals surface area contributed by atoms with Gasteiger partial charge in [0.05, 0.1) is 11.7 Å². The largest absolute Gasteiger partial charge is 0.459 e. The first-order valence-electron chi connectivity index (χ1n) is 8.93. The molecule has 0 saturated carbocycles. The molecule has 1 atom stereocenters. The fourth-order valence-corrected chi connectivity index (χ4v) is 3.24. The van der Waals surface area contributed by atoms with E-state index in [1.807, 2.05) is 44.2 Å². The number of nitrogens with zero attached hydrogens (tertiary/aromatic N) is 1. The predicted octanol–water partition coefficient (Wildman–Crippen LogP) is 3.40. The van der Waals surface area contributed by atoms with Crippen molar-refractivity contribution >= 4 is 5.97 Å². The van der Waals surface area contributed by atoms with Crippen molar-refractivity contribution in [3.63, 3.8) is 0 Å². The van der Waals surface area contributed by atoms with E-state index in [2.05, 4.69) is 34.5 Å². The van der Waals surface area contributed by atoms with Gasteiger partial charge in [-0.1, -0.05) is 48.5 Å². The first-order chi connectivity index (χ1) is 12.1. The monoisotopic (exact) mass is 338 g/mol. The van der Waals surface area contributed by atoms with Crippen LogP contribution in [0.1, 0.15) is 41.4 Å². The maximum absolute atomic E-state index is 12.4. The highest BCUT2D eigenvalue weighted by Gasteiger charge is 2.22. The normalized spacial score (nSPS) is 18.3. The van der Waals surface area contributed by atoms with Gasteiger partial charge in [-0.3, -0.25) is 4.90 Å². The van der Waals surface area contributed by atoms with Crippen LogP contribution in [0, 0.1) is 0 Å². The first kappa shape index (κ1) is 17.6. The number of benzene rings is 2. The zero-order valence-corrected chi connectivity index (χ0v) is 14.9. The van der Waals surface area contributed by atoms with Crippen LogP contribution in [0.15, 0.2) is 54.6 Å². The fraction of sp³-hybridized carbons (Fsp3) is 0.381. The Labute approximate surface area is 149 Å². The molecule has 1 heterocycles. The van der Waals surface area contributed by atoms with E-state index < -0.39 is 0 Å². The second-order valence-corrected chi connectivity index (χ2v) is 6.76. The van der Waals surface area contributed by atoms with Crippen LogP contribution in [0.25, 0.3) is 0 Å². The Bertz CT molecular complexity index is 700. The molecule has 0 bridgehead atoms. The SMILES string of the molecule is CC(C)OC(=O)c1ccccc1CN1CCN[C@@H](c2ccccc2)C1. The van der Waals surface area contributed by atoms with Gasteiger partial charge in [-0.15, -0.1) is 0 Å². The molecule has 1 fully saturated rings. The molecule has 3 rings (SSSR count). The average Bonchev–Trinajstić information content (AvgIpc) is 2.62. The van der Waals surface area contributed by atoms with Crippen molar-refractivity contribution in [2.75, 3.05) is 19.6 Å². The van der Waals surface area contributed by atoms with Gasteiger partial charge in [-0.25, -0.2) is 4.79 Å². The summed E-state index contributed by atoms with van der Waals surface area (Å²) in [6.07, 6.45) is -0.109. The van der Waals surface area contributed by atoms with E-state index in [1.54, 1.807) is 0 Å².